The van der Waals surface area contributed by atoms with Crippen molar-refractivity contribution in [2.75, 3.05) is 6.54 Å². The van der Waals surface area contributed by atoms with E-state index in [1.165, 1.54) is 0 Å². The summed E-state index contributed by atoms with van der Waals surface area (Å²) in [6.45, 7) is 0.184. The summed E-state index contributed by atoms with van der Waals surface area (Å²) in [6, 6.07) is 0. The van der Waals surface area contributed by atoms with Gasteiger partial charge in [-0.25, -0.2) is 0 Å². The lowest BCUT2D eigenvalue weighted by molar-refractivity contribution is -0.157. The molecule has 0 radical (unpaired) electrons. The van der Waals surface area contributed by atoms with Crippen LogP contribution in [0, 0.1) is 0 Å². The minimum absolute atomic E-state index is 0.00694. The van der Waals surface area contributed by atoms with Crippen LogP contribution in [0.3, 0.4) is 0 Å². The van der Waals surface area contributed by atoms with Crippen molar-refractivity contribution in [2.45, 2.75) is 12.3 Å². The van der Waals surface area contributed by atoms with Crippen molar-refractivity contribution in [2.24, 2.45) is 11.5 Å². The molecular formula is C3H10N2O2. The second kappa shape index (κ2) is 2.23. The van der Waals surface area contributed by atoms with Gasteiger partial charge in [0.25, 0.3) is 0 Å². The van der Waals surface area contributed by atoms with Crippen LogP contribution in [-0.4, -0.2) is 22.7 Å². The van der Waals surface area contributed by atoms with Gasteiger partial charge in [0, 0.05) is 6.42 Å². The van der Waals surface area contributed by atoms with Gasteiger partial charge >= 0.3 is 0 Å². The quantitative estimate of drug-likeness (QED) is 0.304. The molecule has 0 aliphatic heterocycles. The zero-order valence-electron chi connectivity index (χ0n) is 3.96. The number of hydrogen-bond donors (Lipinski definition) is 4. The lowest BCUT2D eigenvalue weighted by Gasteiger charge is -2.12. The Morgan fingerprint density at radius 2 is 1.86 bits per heavy atom. The molecule has 0 aromatic rings. The Balaban J connectivity index is 3.15. The molecule has 0 fully saturated rings. The van der Waals surface area contributed by atoms with Crippen molar-refractivity contribution in [3.05, 3.63) is 0 Å². The average molecular weight is 106 g/mol. The third-order valence-corrected chi connectivity index (χ3v) is 0.512. The highest BCUT2D eigenvalue weighted by Crippen LogP contribution is 1.90. The third-order valence-electron chi connectivity index (χ3n) is 0.512. The number of rotatable bonds is 2. The van der Waals surface area contributed by atoms with Gasteiger partial charge < -0.3 is 15.9 Å². The second-order valence-corrected chi connectivity index (χ2v) is 1.42. The highest BCUT2D eigenvalue weighted by atomic mass is 16.5. The van der Waals surface area contributed by atoms with E-state index in [4.69, 9.17) is 15.9 Å². The molecule has 0 saturated carbocycles. The summed E-state index contributed by atoms with van der Waals surface area (Å²) in [7, 11) is 0. The highest BCUT2D eigenvalue weighted by molar-refractivity contribution is 4.52. The van der Waals surface area contributed by atoms with Gasteiger partial charge in [-0.15, -0.1) is 0 Å². The van der Waals surface area contributed by atoms with Crippen molar-refractivity contribution in [3.8, 4) is 0 Å². The molecule has 0 atom stereocenters. The lowest BCUT2D eigenvalue weighted by Crippen LogP contribution is -2.40. The van der Waals surface area contributed by atoms with E-state index in [2.05, 4.69) is 5.73 Å². The maximum Gasteiger partial charge on any atom is 0.220 e. The summed E-state index contributed by atoms with van der Waals surface area (Å²) >= 11 is 0. The summed E-state index contributed by atoms with van der Waals surface area (Å²) < 4.78 is 0. The van der Waals surface area contributed by atoms with Crippen LogP contribution >= 0.6 is 0 Å². The van der Waals surface area contributed by atoms with Crippen LogP contribution in [0.2, 0.25) is 0 Å². The number of nitrogens with two attached hydrogens (primary N) is 2. The lowest BCUT2D eigenvalue weighted by atomic mass is 10.3. The number of aliphatic hydroxyl groups is 2. The van der Waals surface area contributed by atoms with E-state index in [0.29, 0.717) is 0 Å². The predicted octanol–water partition coefficient (Wildman–Crippen LogP) is -2.07. The SMILES string of the molecule is NCCC(N)(O)O. The largest absolute Gasteiger partial charge is 0.354 e. The van der Waals surface area contributed by atoms with Crippen molar-refractivity contribution in [1.29, 1.82) is 0 Å². The first kappa shape index (κ1) is 6.84. The second-order valence-electron chi connectivity index (χ2n) is 1.42. The van der Waals surface area contributed by atoms with Crippen LogP contribution in [-0.2, 0) is 0 Å². The van der Waals surface area contributed by atoms with E-state index in [9.17, 15) is 0 Å². The Bertz CT molecular complexity index is 49.4. The van der Waals surface area contributed by atoms with E-state index in [1.807, 2.05) is 0 Å². The molecule has 0 rings (SSSR count). The Labute approximate surface area is 41.7 Å². The molecule has 7 heavy (non-hydrogen) atoms. The Morgan fingerprint density at radius 1 is 1.43 bits per heavy atom. The van der Waals surface area contributed by atoms with Gasteiger partial charge in [-0.3, -0.25) is 5.73 Å². The van der Waals surface area contributed by atoms with Gasteiger partial charge in [-0.2, -0.15) is 0 Å². The maximum absolute atomic E-state index is 8.27. The van der Waals surface area contributed by atoms with Crippen molar-refractivity contribution in [1.82, 2.24) is 0 Å². The summed E-state index contributed by atoms with van der Waals surface area (Å²) in [5, 5.41) is 16.5. The van der Waals surface area contributed by atoms with Crippen molar-refractivity contribution >= 4 is 0 Å². The molecule has 0 aromatic carbocycles. The fraction of sp³-hybridized carbons (Fsp3) is 1.00. The number of hydrogen-bond acceptors (Lipinski definition) is 4. The average Bonchev–Trinajstić information content (AvgIpc) is 1.30. The van der Waals surface area contributed by atoms with Crippen LogP contribution < -0.4 is 11.5 Å². The molecule has 0 spiro atoms. The molecule has 0 unspecified atom stereocenters. The molecule has 0 aliphatic carbocycles. The molecule has 4 heteroatoms. The fourth-order valence-electron chi connectivity index (χ4n) is 0.212. The monoisotopic (exact) mass is 106 g/mol. The minimum atomic E-state index is -2.07. The van der Waals surface area contributed by atoms with Crippen molar-refractivity contribution in [3.63, 3.8) is 0 Å². The zero-order valence-corrected chi connectivity index (χ0v) is 3.96. The van der Waals surface area contributed by atoms with Gasteiger partial charge in [0.15, 0.2) is 0 Å². The Kier molecular flexibility index (Phi) is 2.17. The standard InChI is InChI=1S/C3H10N2O2/c4-2-1-3(5,6)7/h6-7H,1-2,4-5H2. The third kappa shape index (κ3) is 5.84. The molecule has 44 valence electrons. The molecule has 6 N–H and O–H groups in total. The summed E-state index contributed by atoms with van der Waals surface area (Å²) in [5.41, 5.74) is 9.59. The van der Waals surface area contributed by atoms with Crippen LogP contribution in [0.5, 0.6) is 0 Å². The first-order valence-electron chi connectivity index (χ1n) is 2.00. The molecule has 0 heterocycles. The molecule has 0 aromatic heterocycles. The normalized spacial score (nSPS) is 12.0. The van der Waals surface area contributed by atoms with Gasteiger partial charge in [-0.1, -0.05) is 0 Å². The van der Waals surface area contributed by atoms with E-state index in [0.717, 1.165) is 0 Å². The van der Waals surface area contributed by atoms with Gasteiger partial charge in [0.05, 0.1) is 0 Å². The first-order valence-corrected chi connectivity index (χ1v) is 2.00. The summed E-state index contributed by atoms with van der Waals surface area (Å²) in [6.07, 6.45) is 0.00694. The molecular weight excluding hydrogens is 96.0 g/mol. The van der Waals surface area contributed by atoms with E-state index >= 15 is 0 Å². The molecule has 0 bridgehead atoms. The molecule has 0 saturated heterocycles. The topological polar surface area (TPSA) is 92.5 Å². The highest BCUT2D eigenvalue weighted by Gasteiger charge is 2.12. The van der Waals surface area contributed by atoms with E-state index in [-0.39, 0.29) is 13.0 Å². The fourth-order valence-corrected chi connectivity index (χ4v) is 0.212. The Morgan fingerprint density at radius 3 is 1.86 bits per heavy atom. The zero-order chi connectivity index (χ0) is 5.91. The van der Waals surface area contributed by atoms with Gasteiger partial charge in [0.2, 0.25) is 5.91 Å². The van der Waals surface area contributed by atoms with Crippen LogP contribution in [0.4, 0.5) is 0 Å². The predicted molar refractivity (Wildman–Crippen MR) is 25.0 cm³/mol. The maximum atomic E-state index is 8.27. The van der Waals surface area contributed by atoms with Crippen LogP contribution in [0.1, 0.15) is 6.42 Å². The van der Waals surface area contributed by atoms with Gasteiger partial charge in [0.1, 0.15) is 0 Å². The summed E-state index contributed by atoms with van der Waals surface area (Å²) in [5.74, 6) is -2.07. The smallest absolute Gasteiger partial charge is 0.220 e. The van der Waals surface area contributed by atoms with Crippen LogP contribution in [0.15, 0.2) is 0 Å². The van der Waals surface area contributed by atoms with Crippen LogP contribution in [0.25, 0.3) is 0 Å². The van der Waals surface area contributed by atoms with E-state index in [1.54, 1.807) is 0 Å². The molecule has 0 amide bonds. The van der Waals surface area contributed by atoms with E-state index < -0.39 is 5.91 Å². The molecule has 4 nitrogen and oxygen atoms in total. The van der Waals surface area contributed by atoms with Crippen molar-refractivity contribution < 1.29 is 10.2 Å². The minimum Gasteiger partial charge on any atom is -0.354 e. The Hall–Kier alpha value is -0.160. The molecule has 0 aliphatic rings. The van der Waals surface area contributed by atoms with Gasteiger partial charge in [-0.05, 0) is 6.54 Å². The summed E-state index contributed by atoms with van der Waals surface area (Å²) in [4.78, 5) is 0. The first-order chi connectivity index (χ1) is 3.06.